The van der Waals surface area contributed by atoms with Crippen molar-refractivity contribution in [1.82, 2.24) is 10.0 Å². The van der Waals surface area contributed by atoms with Crippen molar-refractivity contribution in [3.05, 3.63) is 63.7 Å². The van der Waals surface area contributed by atoms with Crippen molar-refractivity contribution < 1.29 is 13.2 Å². The van der Waals surface area contributed by atoms with E-state index >= 15 is 0 Å². The average molecular weight is 411 g/mol. The van der Waals surface area contributed by atoms with Crippen LogP contribution in [0.15, 0.2) is 53.3 Å². The molecule has 140 valence electrons. The quantitative estimate of drug-likeness (QED) is 0.631. The smallest absolute Gasteiger partial charge is 0.238 e. The second-order valence-electron chi connectivity index (χ2n) is 5.51. The number of thioether (sulfide) groups is 1. The molecule has 0 saturated carbocycles. The van der Waals surface area contributed by atoms with E-state index in [1.807, 2.05) is 54.1 Å². The number of nitrogens with one attached hydrogen (secondary N) is 2. The van der Waals surface area contributed by atoms with Crippen molar-refractivity contribution in [1.29, 1.82) is 0 Å². The van der Waals surface area contributed by atoms with Gasteiger partial charge in [0.15, 0.2) is 0 Å². The van der Waals surface area contributed by atoms with Crippen LogP contribution >= 0.6 is 23.1 Å². The molecule has 0 bridgehead atoms. The molecule has 1 heterocycles. The predicted molar refractivity (Wildman–Crippen MR) is 110 cm³/mol. The summed E-state index contributed by atoms with van der Waals surface area (Å²) in [6, 6.07) is 12.2. The standard InChI is InChI=1S/C18H22N2O3S3/c1-24-12-9-17(18(21)19-14-16-8-5-11-25-16)20-26(22,23)13-10-15-6-3-2-4-7-15/h2-8,10-11,13,17,20H,9,12,14H2,1H3,(H,19,21)/b13-10+. The first kappa shape index (κ1) is 20.7. The Kier molecular flexibility index (Phi) is 8.37. The third kappa shape index (κ3) is 7.33. The first-order valence-corrected chi connectivity index (χ1v) is 11.9. The molecule has 1 amide bonds. The van der Waals surface area contributed by atoms with E-state index in [-0.39, 0.29) is 5.91 Å². The van der Waals surface area contributed by atoms with Crippen LogP contribution in [0.4, 0.5) is 0 Å². The van der Waals surface area contributed by atoms with E-state index in [4.69, 9.17) is 0 Å². The molecule has 0 aliphatic heterocycles. The molecule has 1 aromatic heterocycles. The van der Waals surface area contributed by atoms with Gasteiger partial charge in [0.05, 0.1) is 6.54 Å². The molecule has 0 aliphatic carbocycles. The molecule has 1 aromatic carbocycles. The lowest BCUT2D eigenvalue weighted by molar-refractivity contribution is -0.122. The van der Waals surface area contributed by atoms with Crippen LogP contribution in [-0.2, 0) is 21.4 Å². The van der Waals surface area contributed by atoms with Crippen molar-refractivity contribution in [2.24, 2.45) is 0 Å². The van der Waals surface area contributed by atoms with Crippen LogP contribution in [0.25, 0.3) is 6.08 Å². The van der Waals surface area contributed by atoms with Gasteiger partial charge in [0.25, 0.3) is 0 Å². The Morgan fingerprint density at radius 3 is 2.65 bits per heavy atom. The van der Waals surface area contributed by atoms with Gasteiger partial charge in [0, 0.05) is 10.3 Å². The molecule has 8 heteroatoms. The molecule has 5 nitrogen and oxygen atoms in total. The monoisotopic (exact) mass is 410 g/mol. The maximum atomic E-state index is 12.4. The second kappa shape index (κ2) is 10.5. The molecule has 2 rings (SSSR count). The van der Waals surface area contributed by atoms with Gasteiger partial charge in [-0.3, -0.25) is 4.79 Å². The zero-order chi connectivity index (χ0) is 18.8. The van der Waals surface area contributed by atoms with Crippen molar-refractivity contribution in [3.63, 3.8) is 0 Å². The van der Waals surface area contributed by atoms with E-state index in [9.17, 15) is 13.2 Å². The van der Waals surface area contributed by atoms with Gasteiger partial charge < -0.3 is 5.32 Å². The van der Waals surface area contributed by atoms with Gasteiger partial charge in [-0.2, -0.15) is 16.5 Å². The molecule has 0 aliphatic rings. The van der Waals surface area contributed by atoms with Gasteiger partial charge in [0.2, 0.25) is 15.9 Å². The minimum Gasteiger partial charge on any atom is -0.350 e. The summed E-state index contributed by atoms with van der Waals surface area (Å²) in [5, 5.41) is 5.83. The molecule has 1 atom stereocenters. The fourth-order valence-electron chi connectivity index (χ4n) is 2.16. The van der Waals surface area contributed by atoms with E-state index < -0.39 is 16.1 Å². The SMILES string of the molecule is CSCCC(NS(=O)(=O)/C=C/c1ccccc1)C(=O)NCc1cccs1. The molecule has 26 heavy (non-hydrogen) atoms. The Hall–Kier alpha value is -1.61. The summed E-state index contributed by atoms with van der Waals surface area (Å²) in [5.74, 6) is 0.367. The Morgan fingerprint density at radius 1 is 1.23 bits per heavy atom. The van der Waals surface area contributed by atoms with E-state index in [1.165, 1.54) is 6.08 Å². The molecule has 1 unspecified atom stereocenters. The fourth-order valence-corrected chi connectivity index (χ4v) is 4.31. The molecule has 2 aromatic rings. The van der Waals surface area contributed by atoms with E-state index in [1.54, 1.807) is 23.1 Å². The summed E-state index contributed by atoms with van der Waals surface area (Å²) in [5.41, 5.74) is 0.778. The number of carbonyl (C=O) groups excluding carboxylic acids is 1. The molecule has 0 saturated heterocycles. The summed E-state index contributed by atoms with van der Waals surface area (Å²) >= 11 is 3.11. The lowest BCUT2D eigenvalue weighted by Crippen LogP contribution is -2.46. The topological polar surface area (TPSA) is 75.3 Å². The highest BCUT2D eigenvalue weighted by Gasteiger charge is 2.22. The largest absolute Gasteiger partial charge is 0.350 e. The number of hydrogen-bond donors (Lipinski definition) is 2. The number of thiophene rings is 1. The van der Waals surface area contributed by atoms with E-state index in [0.29, 0.717) is 18.7 Å². The summed E-state index contributed by atoms with van der Waals surface area (Å²) in [4.78, 5) is 13.5. The van der Waals surface area contributed by atoms with Crippen LogP contribution in [0.2, 0.25) is 0 Å². The first-order chi connectivity index (χ1) is 12.5. The van der Waals surface area contributed by atoms with Crippen LogP contribution in [0.5, 0.6) is 0 Å². The number of sulfonamides is 1. The van der Waals surface area contributed by atoms with E-state index in [2.05, 4.69) is 10.0 Å². The maximum Gasteiger partial charge on any atom is 0.238 e. The normalized spacial score (nSPS) is 13.0. The Balaban J connectivity index is 2.00. The number of hydrogen-bond acceptors (Lipinski definition) is 5. The van der Waals surface area contributed by atoms with Crippen LogP contribution in [0, 0.1) is 0 Å². The van der Waals surface area contributed by atoms with Crippen LogP contribution in [0.3, 0.4) is 0 Å². The molecule has 0 fully saturated rings. The van der Waals surface area contributed by atoms with Crippen molar-refractivity contribution in [2.75, 3.05) is 12.0 Å². The third-order valence-electron chi connectivity index (χ3n) is 3.49. The summed E-state index contributed by atoms with van der Waals surface area (Å²) < 4.78 is 27.2. The third-order valence-corrected chi connectivity index (χ3v) is 6.12. The molecule has 0 spiro atoms. The zero-order valence-electron chi connectivity index (χ0n) is 14.4. The molecular weight excluding hydrogens is 388 g/mol. The lowest BCUT2D eigenvalue weighted by Gasteiger charge is -2.17. The Bertz CT molecular complexity index is 803. The molecule has 2 N–H and O–H groups in total. The highest BCUT2D eigenvalue weighted by molar-refractivity contribution is 7.98. The van der Waals surface area contributed by atoms with Crippen molar-refractivity contribution in [2.45, 2.75) is 19.0 Å². The number of carbonyl (C=O) groups is 1. The van der Waals surface area contributed by atoms with Gasteiger partial charge in [0.1, 0.15) is 6.04 Å². The number of benzene rings is 1. The van der Waals surface area contributed by atoms with Crippen molar-refractivity contribution in [3.8, 4) is 0 Å². The molecule has 0 radical (unpaired) electrons. The van der Waals surface area contributed by atoms with Gasteiger partial charge in [-0.1, -0.05) is 36.4 Å². The van der Waals surface area contributed by atoms with Crippen LogP contribution in [0.1, 0.15) is 16.9 Å². The maximum absolute atomic E-state index is 12.4. The van der Waals surface area contributed by atoms with Gasteiger partial charge in [-0.25, -0.2) is 8.42 Å². The van der Waals surface area contributed by atoms with Crippen LogP contribution < -0.4 is 10.0 Å². The predicted octanol–water partition coefficient (Wildman–Crippen LogP) is 3.08. The minimum atomic E-state index is -3.72. The summed E-state index contributed by atoms with van der Waals surface area (Å²) in [7, 11) is -3.72. The highest BCUT2D eigenvalue weighted by atomic mass is 32.2. The Morgan fingerprint density at radius 2 is 2.00 bits per heavy atom. The average Bonchev–Trinajstić information content (AvgIpc) is 3.16. The summed E-state index contributed by atoms with van der Waals surface area (Å²) in [6.45, 7) is 0.397. The second-order valence-corrected chi connectivity index (χ2v) is 9.12. The summed E-state index contributed by atoms with van der Waals surface area (Å²) in [6.07, 6.45) is 3.86. The number of rotatable bonds is 10. The van der Waals surface area contributed by atoms with Gasteiger partial charge in [-0.15, -0.1) is 11.3 Å². The van der Waals surface area contributed by atoms with Crippen LogP contribution in [-0.4, -0.2) is 32.4 Å². The van der Waals surface area contributed by atoms with Gasteiger partial charge >= 0.3 is 0 Å². The highest BCUT2D eigenvalue weighted by Crippen LogP contribution is 2.09. The minimum absolute atomic E-state index is 0.316. The Labute approximate surface area is 163 Å². The van der Waals surface area contributed by atoms with E-state index in [0.717, 1.165) is 15.8 Å². The van der Waals surface area contributed by atoms with Gasteiger partial charge in [-0.05, 0) is 41.5 Å². The lowest BCUT2D eigenvalue weighted by atomic mass is 10.2. The fraction of sp³-hybridized carbons (Fsp3) is 0.278. The first-order valence-electron chi connectivity index (χ1n) is 8.04. The zero-order valence-corrected chi connectivity index (χ0v) is 16.9. The molecular formula is C18H22N2O3S3. The van der Waals surface area contributed by atoms with Crippen molar-refractivity contribution >= 4 is 45.1 Å². The number of amides is 1.